The number of aromatic amines is 1. The van der Waals surface area contributed by atoms with Crippen LogP contribution in [0.2, 0.25) is 0 Å². The van der Waals surface area contributed by atoms with Crippen molar-refractivity contribution in [2.45, 2.75) is 38.6 Å². The van der Waals surface area contributed by atoms with E-state index >= 15 is 0 Å². The maximum absolute atomic E-state index is 12.1. The molecule has 0 saturated heterocycles. The Kier molecular flexibility index (Phi) is 4.46. The summed E-state index contributed by atoms with van der Waals surface area (Å²) in [4.78, 5) is 34.1. The summed E-state index contributed by atoms with van der Waals surface area (Å²) in [7, 11) is 0. The molecule has 2 aromatic heterocycles. The van der Waals surface area contributed by atoms with Crippen LogP contribution in [-0.4, -0.2) is 55.5 Å². The van der Waals surface area contributed by atoms with Gasteiger partial charge in [0.1, 0.15) is 25.0 Å². The first-order chi connectivity index (χ1) is 12.2. The maximum atomic E-state index is 12.1. The molecule has 0 amide bonds. The molecule has 1 fully saturated rings. The Labute approximate surface area is 148 Å². The number of nitrogens with zero attached hydrogens (tertiary/aromatic N) is 3. The van der Waals surface area contributed by atoms with Crippen molar-refractivity contribution in [1.82, 2.24) is 19.5 Å². The molecule has 0 bridgehead atoms. The van der Waals surface area contributed by atoms with Gasteiger partial charge in [-0.25, -0.2) is 4.98 Å². The number of nitrogens with two attached hydrogens (primary N) is 2. The molecule has 1 aliphatic rings. The van der Waals surface area contributed by atoms with Crippen LogP contribution >= 0.6 is 0 Å². The van der Waals surface area contributed by atoms with Crippen LogP contribution < -0.4 is 17.0 Å². The number of imidazole rings is 1. The van der Waals surface area contributed by atoms with Gasteiger partial charge >= 0.3 is 5.97 Å². The molecule has 0 aliphatic heterocycles. The topological polar surface area (TPSA) is 171 Å². The van der Waals surface area contributed by atoms with Crippen LogP contribution in [0, 0.1) is 5.41 Å². The highest BCUT2D eigenvalue weighted by molar-refractivity contribution is 5.86. The SMILES string of the molecule is CC1(C)CC1(N)C(=O)OCC(CO)OCn1cnc2c(=O)[nH]c(N)nc21. The molecule has 26 heavy (non-hydrogen) atoms. The molecule has 2 atom stereocenters. The van der Waals surface area contributed by atoms with Gasteiger partial charge in [0.2, 0.25) is 5.95 Å². The zero-order valence-electron chi connectivity index (χ0n) is 14.6. The number of aliphatic hydroxyl groups is 1. The van der Waals surface area contributed by atoms with Gasteiger partial charge in [-0.2, -0.15) is 4.98 Å². The Morgan fingerprint density at radius 3 is 2.85 bits per heavy atom. The average molecular weight is 366 g/mol. The molecule has 0 aromatic carbocycles. The normalized spacial score (nSPS) is 22.3. The van der Waals surface area contributed by atoms with Gasteiger partial charge in [0.15, 0.2) is 11.2 Å². The molecular weight excluding hydrogens is 344 g/mol. The minimum absolute atomic E-state index is 0.0443. The van der Waals surface area contributed by atoms with Crippen LogP contribution in [0.4, 0.5) is 5.95 Å². The van der Waals surface area contributed by atoms with Crippen molar-refractivity contribution < 1.29 is 19.4 Å². The van der Waals surface area contributed by atoms with Crippen LogP contribution in [-0.2, 0) is 21.0 Å². The Balaban J connectivity index is 1.60. The van der Waals surface area contributed by atoms with Crippen molar-refractivity contribution in [2.75, 3.05) is 18.9 Å². The number of carbonyl (C=O) groups excluding carboxylic acids is 1. The highest BCUT2D eigenvalue weighted by Gasteiger charge is 2.65. The minimum atomic E-state index is -0.990. The smallest absolute Gasteiger partial charge is 0.326 e. The Morgan fingerprint density at radius 2 is 2.23 bits per heavy atom. The number of hydrogen-bond donors (Lipinski definition) is 4. The van der Waals surface area contributed by atoms with Crippen molar-refractivity contribution >= 4 is 23.1 Å². The van der Waals surface area contributed by atoms with Gasteiger partial charge < -0.3 is 26.0 Å². The third kappa shape index (κ3) is 3.16. The first-order valence-corrected chi connectivity index (χ1v) is 8.07. The number of fused-ring (bicyclic) bond motifs is 1. The first-order valence-electron chi connectivity index (χ1n) is 8.07. The molecule has 11 nitrogen and oxygen atoms in total. The summed E-state index contributed by atoms with van der Waals surface area (Å²) < 4.78 is 12.2. The zero-order valence-corrected chi connectivity index (χ0v) is 14.6. The predicted molar refractivity (Wildman–Crippen MR) is 90.8 cm³/mol. The highest BCUT2D eigenvalue weighted by Crippen LogP contribution is 2.54. The second-order valence-electron chi connectivity index (χ2n) is 7.07. The van der Waals surface area contributed by atoms with Crippen molar-refractivity contribution in [3.63, 3.8) is 0 Å². The number of aliphatic hydroxyl groups excluding tert-OH is 1. The molecule has 2 unspecified atom stereocenters. The van der Waals surface area contributed by atoms with E-state index in [1.54, 1.807) is 0 Å². The molecule has 6 N–H and O–H groups in total. The number of nitrogen functional groups attached to an aromatic ring is 1. The lowest BCUT2D eigenvalue weighted by molar-refractivity contribution is -0.154. The van der Waals surface area contributed by atoms with Gasteiger partial charge in [0.25, 0.3) is 5.56 Å². The maximum Gasteiger partial charge on any atom is 0.326 e. The van der Waals surface area contributed by atoms with Crippen LogP contribution in [0.1, 0.15) is 20.3 Å². The van der Waals surface area contributed by atoms with E-state index in [1.807, 2.05) is 13.8 Å². The summed E-state index contributed by atoms with van der Waals surface area (Å²) in [6.45, 7) is 3.20. The summed E-state index contributed by atoms with van der Waals surface area (Å²) in [5.41, 5.74) is 10.1. The Bertz CT molecular complexity index is 890. The van der Waals surface area contributed by atoms with Crippen LogP contribution in [0.25, 0.3) is 11.2 Å². The standard InChI is InChI=1S/C15H22N6O5/c1-14(2)5-15(14,17)12(24)25-4-8(3-22)26-7-21-6-18-9-10(21)19-13(16)20-11(9)23/h6,8,22H,3-5,7,17H2,1-2H3,(H3,16,19,20,23). The fourth-order valence-corrected chi connectivity index (χ4v) is 2.70. The molecule has 2 heterocycles. The average Bonchev–Trinajstić information content (AvgIpc) is 2.90. The number of anilines is 1. The van der Waals surface area contributed by atoms with Crippen molar-refractivity contribution in [1.29, 1.82) is 0 Å². The number of hydrogen-bond acceptors (Lipinski definition) is 9. The number of H-pyrrole nitrogens is 1. The summed E-state index contributed by atoms with van der Waals surface area (Å²) in [5, 5.41) is 9.43. The fourth-order valence-electron chi connectivity index (χ4n) is 2.70. The van der Waals surface area contributed by atoms with Crippen molar-refractivity contribution in [3.8, 4) is 0 Å². The van der Waals surface area contributed by atoms with E-state index in [-0.39, 0.29) is 42.5 Å². The first kappa shape index (κ1) is 18.3. The molecule has 1 aliphatic carbocycles. The van der Waals surface area contributed by atoms with Gasteiger partial charge in [-0.15, -0.1) is 0 Å². The van der Waals surface area contributed by atoms with Gasteiger partial charge in [-0.05, 0) is 11.8 Å². The van der Waals surface area contributed by atoms with E-state index < -0.39 is 23.2 Å². The zero-order chi connectivity index (χ0) is 19.1. The molecule has 142 valence electrons. The van der Waals surface area contributed by atoms with Crippen LogP contribution in [0.5, 0.6) is 0 Å². The third-order valence-corrected chi connectivity index (χ3v) is 4.71. The quantitative estimate of drug-likeness (QED) is 0.435. The number of carbonyl (C=O) groups is 1. The second-order valence-corrected chi connectivity index (χ2v) is 7.07. The van der Waals surface area contributed by atoms with Crippen LogP contribution in [0.15, 0.2) is 11.1 Å². The van der Waals surface area contributed by atoms with Gasteiger partial charge in [0, 0.05) is 0 Å². The van der Waals surface area contributed by atoms with Crippen LogP contribution in [0.3, 0.4) is 0 Å². The number of nitrogens with one attached hydrogen (secondary N) is 1. The molecule has 0 spiro atoms. The summed E-state index contributed by atoms with van der Waals surface area (Å²) >= 11 is 0. The number of ether oxygens (including phenoxy) is 2. The van der Waals surface area contributed by atoms with E-state index in [0.29, 0.717) is 6.42 Å². The summed E-state index contributed by atoms with van der Waals surface area (Å²) in [6, 6.07) is 0. The van der Waals surface area contributed by atoms with E-state index in [0.717, 1.165) is 0 Å². The number of aromatic nitrogens is 4. The lowest BCUT2D eigenvalue weighted by Crippen LogP contribution is -2.41. The molecular formula is C15H22N6O5. The molecule has 2 aromatic rings. The minimum Gasteiger partial charge on any atom is -0.461 e. The number of esters is 1. The Hall–Kier alpha value is -2.50. The summed E-state index contributed by atoms with van der Waals surface area (Å²) in [5.74, 6) is -0.559. The van der Waals surface area contributed by atoms with E-state index in [1.165, 1.54) is 10.9 Å². The van der Waals surface area contributed by atoms with Crippen molar-refractivity contribution in [3.05, 3.63) is 16.7 Å². The molecule has 3 rings (SSSR count). The van der Waals surface area contributed by atoms with Crippen molar-refractivity contribution in [2.24, 2.45) is 11.1 Å². The van der Waals surface area contributed by atoms with Gasteiger partial charge in [-0.1, -0.05) is 13.8 Å². The largest absolute Gasteiger partial charge is 0.461 e. The number of rotatable bonds is 7. The molecule has 11 heteroatoms. The van der Waals surface area contributed by atoms with E-state index in [2.05, 4.69) is 15.0 Å². The second kappa shape index (κ2) is 6.34. The van der Waals surface area contributed by atoms with Gasteiger partial charge in [-0.3, -0.25) is 19.1 Å². The van der Waals surface area contributed by atoms with E-state index in [4.69, 9.17) is 20.9 Å². The summed E-state index contributed by atoms with van der Waals surface area (Å²) in [6.07, 6.45) is 1.15. The third-order valence-electron chi connectivity index (χ3n) is 4.71. The predicted octanol–water partition coefficient (Wildman–Crippen LogP) is -1.29. The Morgan fingerprint density at radius 1 is 1.54 bits per heavy atom. The molecule has 0 radical (unpaired) electrons. The molecule has 1 saturated carbocycles. The van der Waals surface area contributed by atoms with Gasteiger partial charge in [0.05, 0.1) is 12.9 Å². The lowest BCUT2D eigenvalue weighted by Gasteiger charge is -2.19. The monoisotopic (exact) mass is 366 g/mol. The lowest BCUT2D eigenvalue weighted by atomic mass is 10.1. The fraction of sp³-hybridized carbons (Fsp3) is 0.600. The highest BCUT2D eigenvalue weighted by atomic mass is 16.6. The van der Waals surface area contributed by atoms with E-state index in [9.17, 15) is 14.7 Å².